The van der Waals surface area contributed by atoms with Crippen LogP contribution in [0.25, 0.3) is 0 Å². The van der Waals surface area contributed by atoms with Crippen LogP contribution in [0, 0.1) is 6.92 Å². The van der Waals surface area contributed by atoms with Gasteiger partial charge in [-0.05, 0) is 36.6 Å². The van der Waals surface area contributed by atoms with E-state index >= 15 is 0 Å². The fourth-order valence-corrected chi connectivity index (χ4v) is 1.60. The van der Waals surface area contributed by atoms with Crippen LogP contribution in [0.1, 0.15) is 17.5 Å². The number of aliphatic carboxylic acids is 1. The Morgan fingerprint density at radius 3 is 2.75 bits per heavy atom. The van der Waals surface area contributed by atoms with E-state index in [0.717, 1.165) is 16.9 Å². The van der Waals surface area contributed by atoms with Gasteiger partial charge in [-0.2, -0.15) is 0 Å². The van der Waals surface area contributed by atoms with Crippen molar-refractivity contribution in [2.24, 2.45) is 5.73 Å². The van der Waals surface area contributed by atoms with Gasteiger partial charge in [-0.1, -0.05) is 6.07 Å². The van der Waals surface area contributed by atoms with Gasteiger partial charge in [0.25, 0.3) is 0 Å². The number of carboxylic acids is 1. The van der Waals surface area contributed by atoms with Crippen LogP contribution >= 0.6 is 0 Å². The van der Waals surface area contributed by atoms with Crippen LogP contribution < -0.4 is 10.5 Å². The van der Waals surface area contributed by atoms with E-state index in [4.69, 9.17) is 15.6 Å². The van der Waals surface area contributed by atoms with Gasteiger partial charge in [-0.3, -0.25) is 4.79 Å². The summed E-state index contributed by atoms with van der Waals surface area (Å²) in [5.41, 5.74) is 7.87. The van der Waals surface area contributed by atoms with Gasteiger partial charge in [0.1, 0.15) is 5.75 Å². The van der Waals surface area contributed by atoms with E-state index in [0.29, 0.717) is 6.42 Å². The lowest BCUT2D eigenvalue weighted by Crippen LogP contribution is -2.26. The molecular weight excluding hydrogens is 206 g/mol. The summed E-state index contributed by atoms with van der Waals surface area (Å²) in [5, 5.41) is 8.61. The standard InChI is InChI=1S/C12H17NO3/c1-8-5-11(16-2)4-3-9(8)6-10(13)7-12(14)15/h3-5,10H,6-7,13H2,1-2H3,(H,14,15). The summed E-state index contributed by atoms with van der Waals surface area (Å²) in [5.74, 6) is -0.0632. The zero-order valence-electron chi connectivity index (χ0n) is 9.56. The summed E-state index contributed by atoms with van der Waals surface area (Å²) >= 11 is 0. The number of hydrogen-bond donors (Lipinski definition) is 2. The molecule has 4 nitrogen and oxygen atoms in total. The number of carbonyl (C=O) groups is 1. The molecular formula is C12H17NO3. The second-order valence-electron chi connectivity index (χ2n) is 3.85. The Morgan fingerprint density at radius 2 is 2.25 bits per heavy atom. The Morgan fingerprint density at radius 1 is 1.56 bits per heavy atom. The van der Waals surface area contributed by atoms with Crippen LogP contribution in [-0.4, -0.2) is 24.2 Å². The molecule has 0 aromatic heterocycles. The molecule has 0 amide bonds. The summed E-state index contributed by atoms with van der Waals surface area (Å²) < 4.78 is 5.09. The third kappa shape index (κ3) is 3.55. The number of nitrogens with two attached hydrogens (primary N) is 1. The number of benzene rings is 1. The highest BCUT2D eigenvalue weighted by molar-refractivity contribution is 5.67. The monoisotopic (exact) mass is 223 g/mol. The first-order chi connectivity index (χ1) is 7.52. The summed E-state index contributed by atoms with van der Waals surface area (Å²) in [4.78, 5) is 10.5. The predicted octanol–water partition coefficient (Wildman–Crippen LogP) is 1.35. The topological polar surface area (TPSA) is 72.5 Å². The lowest BCUT2D eigenvalue weighted by atomic mass is 9.99. The molecule has 16 heavy (non-hydrogen) atoms. The fourth-order valence-electron chi connectivity index (χ4n) is 1.60. The highest BCUT2D eigenvalue weighted by atomic mass is 16.5. The van der Waals surface area contributed by atoms with Gasteiger partial charge >= 0.3 is 5.97 Å². The second kappa shape index (κ2) is 5.51. The van der Waals surface area contributed by atoms with Crippen molar-refractivity contribution in [3.05, 3.63) is 29.3 Å². The van der Waals surface area contributed by atoms with Crippen molar-refractivity contribution in [1.82, 2.24) is 0 Å². The summed E-state index contributed by atoms with van der Waals surface area (Å²) in [6.45, 7) is 1.96. The van der Waals surface area contributed by atoms with Gasteiger partial charge in [-0.25, -0.2) is 0 Å². The number of ether oxygens (including phenoxy) is 1. The van der Waals surface area contributed by atoms with Gasteiger partial charge in [-0.15, -0.1) is 0 Å². The maximum Gasteiger partial charge on any atom is 0.304 e. The average molecular weight is 223 g/mol. The van der Waals surface area contributed by atoms with Crippen LogP contribution in [0.2, 0.25) is 0 Å². The van der Waals surface area contributed by atoms with Gasteiger partial charge in [0, 0.05) is 6.04 Å². The lowest BCUT2D eigenvalue weighted by molar-refractivity contribution is -0.137. The summed E-state index contributed by atoms with van der Waals surface area (Å²) in [7, 11) is 1.62. The van der Waals surface area contributed by atoms with E-state index in [2.05, 4.69) is 0 Å². The minimum Gasteiger partial charge on any atom is -0.497 e. The molecule has 1 aromatic rings. The largest absolute Gasteiger partial charge is 0.497 e. The van der Waals surface area contributed by atoms with Crippen LogP contribution in [0.5, 0.6) is 5.75 Å². The molecule has 0 saturated heterocycles. The van der Waals surface area contributed by atoms with Crippen LogP contribution in [0.3, 0.4) is 0 Å². The second-order valence-corrected chi connectivity index (χ2v) is 3.85. The van der Waals surface area contributed by atoms with Gasteiger partial charge in [0.2, 0.25) is 0 Å². The lowest BCUT2D eigenvalue weighted by Gasteiger charge is -2.12. The number of hydrogen-bond acceptors (Lipinski definition) is 3. The van der Waals surface area contributed by atoms with Crippen molar-refractivity contribution in [3.63, 3.8) is 0 Å². The molecule has 0 heterocycles. The summed E-state index contributed by atoms with van der Waals surface area (Å²) in [6, 6.07) is 5.36. The van der Waals surface area contributed by atoms with Crippen LogP contribution in [0.4, 0.5) is 0 Å². The molecule has 88 valence electrons. The van der Waals surface area contributed by atoms with Crippen LogP contribution in [0.15, 0.2) is 18.2 Å². The molecule has 1 rings (SSSR count). The zero-order chi connectivity index (χ0) is 12.1. The molecule has 1 unspecified atom stereocenters. The Hall–Kier alpha value is -1.55. The Labute approximate surface area is 95.0 Å². The Balaban J connectivity index is 2.70. The molecule has 0 spiro atoms. The first-order valence-electron chi connectivity index (χ1n) is 5.14. The average Bonchev–Trinajstić information content (AvgIpc) is 2.19. The maximum absolute atomic E-state index is 10.5. The number of rotatable bonds is 5. The molecule has 0 saturated carbocycles. The quantitative estimate of drug-likeness (QED) is 0.790. The minimum absolute atomic E-state index is 0.00846. The normalized spacial score (nSPS) is 12.2. The number of carboxylic acid groups (broad SMARTS) is 1. The summed E-state index contributed by atoms with van der Waals surface area (Å²) in [6.07, 6.45) is 0.563. The van der Waals surface area contributed by atoms with Gasteiger partial charge in [0.15, 0.2) is 0 Å². The van der Waals surface area contributed by atoms with Crippen molar-refractivity contribution in [2.45, 2.75) is 25.8 Å². The molecule has 0 aliphatic carbocycles. The third-order valence-corrected chi connectivity index (χ3v) is 2.47. The molecule has 0 fully saturated rings. The smallest absolute Gasteiger partial charge is 0.304 e. The van der Waals surface area contributed by atoms with Crippen molar-refractivity contribution in [2.75, 3.05) is 7.11 Å². The SMILES string of the molecule is COc1ccc(CC(N)CC(=O)O)c(C)c1. The van der Waals surface area contributed by atoms with Crippen molar-refractivity contribution in [3.8, 4) is 5.75 Å². The number of methoxy groups -OCH3 is 1. The highest BCUT2D eigenvalue weighted by Gasteiger charge is 2.10. The first kappa shape index (κ1) is 12.5. The predicted molar refractivity (Wildman–Crippen MR) is 61.7 cm³/mol. The van der Waals surface area contributed by atoms with E-state index in [1.54, 1.807) is 7.11 Å². The molecule has 0 radical (unpaired) electrons. The molecule has 1 aromatic carbocycles. The van der Waals surface area contributed by atoms with E-state index in [1.165, 1.54) is 0 Å². The van der Waals surface area contributed by atoms with Crippen molar-refractivity contribution < 1.29 is 14.6 Å². The zero-order valence-corrected chi connectivity index (χ0v) is 9.56. The van der Waals surface area contributed by atoms with Gasteiger partial charge in [0.05, 0.1) is 13.5 Å². The van der Waals surface area contributed by atoms with E-state index in [-0.39, 0.29) is 12.5 Å². The first-order valence-corrected chi connectivity index (χ1v) is 5.14. The molecule has 0 bridgehead atoms. The third-order valence-electron chi connectivity index (χ3n) is 2.47. The Kier molecular flexibility index (Phi) is 4.31. The highest BCUT2D eigenvalue weighted by Crippen LogP contribution is 2.18. The van der Waals surface area contributed by atoms with E-state index < -0.39 is 5.97 Å². The molecule has 0 aliphatic rings. The number of aryl methyl sites for hydroxylation is 1. The molecule has 3 N–H and O–H groups in total. The maximum atomic E-state index is 10.5. The van der Waals surface area contributed by atoms with Crippen LogP contribution in [-0.2, 0) is 11.2 Å². The van der Waals surface area contributed by atoms with E-state index in [1.807, 2.05) is 25.1 Å². The van der Waals surface area contributed by atoms with E-state index in [9.17, 15) is 4.79 Å². The van der Waals surface area contributed by atoms with Gasteiger partial charge < -0.3 is 15.6 Å². The van der Waals surface area contributed by atoms with Crippen molar-refractivity contribution >= 4 is 5.97 Å². The minimum atomic E-state index is -0.862. The molecule has 0 aliphatic heterocycles. The fraction of sp³-hybridized carbons (Fsp3) is 0.417. The molecule has 4 heteroatoms. The molecule has 1 atom stereocenters. The van der Waals surface area contributed by atoms with Crippen molar-refractivity contribution in [1.29, 1.82) is 0 Å². The Bertz CT molecular complexity index is 377.